The minimum Gasteiger partial charge on any atom is -0.368 e. The first-order valence-corrected chi connectivity index (χ1v) is 10.5. The summed E-state index contributed by atoms with van der Waals surface area (Å²) in [7, 11) is 3.40. The van der Waals surface area contributed by atoms with Crippen LogP contribution in [-0.4, -0.2) is 70.4 Å². The molecule has 0 spiro atoms. The van der Waals surface area contributed by atoms with Gasteiger partial charge in [-0.1, -0.05) is 12.8 Å². The third kappa shape index (κ3) is 4.00. The lowest BCUT2D eigenvalue weighted by Crippen LogP contribution is -2.43. The minimum atomic E-state index is -2.96. The molecule has 0 aromatic carbocycles. The molecule has 0 bridgehead atoms. The molecule has 32 heavy (non-hydrogen) atoms. The first-order valence-electron chi connectivity index (χ1n) is 14.5. The van der Waals surface area contributed by atoms with Crippen LogP contribution in [0.4, 0.5) is 17.5 Å². The lowest BCUT2D eigenvalue weighted by atomic mass is 10.2. The zero-order valence-corrected chi connectivity index (χ0v) is 17.9. The molecule has 2 N–H and O–H groups in total. The largest absolute Gasteiger partial charge is 0.368 e. The number of rotatable bonds is 5. The van der Waals surface area contributed by atoms with Gasteiger partial charge in [0.15, 0.2) is 0 Å². The Balaban J connectivity index is 1.47. The molecule has 1 amide bonds. The molecule has 2 aliphatic rings. The highest BCUT2D eigenvalue weighted by Gasteiger charge is 2.26. The van der Waals surface area contributed by atoms with E-state index in [0.717, 1.165) is 37.3 Å². The van der Waals surface area contributed by atoms with E-state index in [1.807, 2.05) is 9.88 Å². The lowest BCUT2D eigenvalue weighted by molar-refractivity contribution is 0.0815. The number of hydrogen-bond donors (Lipinski definition) is 2. The summed E-state index contributed by atoms with van der Waals surface area (Å²) in [5, 5.41) is 5.50. The second-order valence-electron chi connectivity index (χ2n) is 7.97. The summed E-state index contributed by atoms with van der Waals surface area (Å²) >= 11 is 0. The third-order valence-corrected chi connectivity index (χ3v) is 5.60. The highest BCUT2D eigenvalue weighted by molar-refractivity contribution is 5.97. The zero-order valence-electron chi connectivity index (χ0n) is 25.9. The predicted molar refractivity (Wildman–Crippen MR) is 126 cm³/mol. The van der Waals surface area contributed by atoms with Crippen molar-refractivity contribution in [2.75, 3.05) is 50.3 Å². The van der Waals surface area contributed by atoms with E-state index in [9.17, 15) is 4.79 Å². The summed E-state index contributed by atoms with van der Waals surface area (Å²) in [4.78, 5) is 28.1. The summed E-state index contributed by atoms with van der Waals surface area (Å²) in [6.07, 6.45) is 6.76. The minimum absolute atomic E-state index is 0.127. The molecule has 1 saturated heterocycles. The monoisotopic (exact) mass is 442 g/mol. The standard InChI is InChI=1S/C23H30N8O/c1-29(2)22(32)19-13-16-14-26-23(28-21(16)31(19)17-5-3-4-6-17)27-20-8-7-18(15-25-20)30-11-9-24-10-12-30/h7-8,13-15,17,24H,3-6,9-12H2,1-2H3,(H,25,26,27,28)/i9D2,10D2,11D2,12D2. The Bertz CT molecular complexity index is 1410. The van der Waals surface area contributed by atoms with Gasteiger partial charge in [0.2, 0.25) is 5.95 Å². The van der Waals surface area contributed by atoms with Crippen molar-refractivity contribution in [3.8, 4) is 0 Å². The van der Waals surface area contributed by atoms with Crippen LogP contribution in [-0.2, 0) is 0 Å². The quantitative estimate of drug-likeness (QED) is 0.628. The van der Waals surface area contributed by atoms with E-state index < -0.39 is 26.0 Å². The molecule has 1 saturated carbocycles. The van der Waals surface area contributed by atoms with E-state index >= 15 is 0 Å². The van der Waals surface area contributed by atoms with E-state index in [1.165, 1.54) is 17.0 Å². The summed E-state index contributed by atoms with van der Waals surface area (Å²) in [5.41, 5.74) is 0.992. The molecule has 9 nitrogen and oxygen atoms in total. The lowest BCUT2D eigenvalue weighted by Gasteiger charge is -2.29. The SMILES string of the molecule is [2H]C1([2H])NC([2H])([2H])C([2H])([2H])N(c2ccc(Nc3ncc4cc(C(=O)N(C)C)n(C5CCCC5)c4n3)nc2)C1([2H])[2H]. The summed E-state index contributed by atoms with van der Waals surface area (Å²) in [6.45, 7) is -11.7. The van der Waals surface area contributed by atoms with Crippen molar-refractivity contribution in [3.05, 3.63) is 36.3 Å². The van der Waals surface area contributed by atoms with Gasteiger partial charge in [-0.25, -0.2) is 9.97 Å². The van der Waals surface area contributed by atoms with Crippen molar-refractivity contribution >= 4 is 34.4 Å². The van der Waals surface area contributed by atoms with Crippen LogP contribution >= 0.6 is 0 Å². The van der Waals surface area contributed by atoms with Crippen LogP contribution in [0.15, 0.2) is 30.6 Å². The van der Waals surface area contributed by atoms with Gasteiger partial charge < -0.3 is 25.0 Å². The van der Waals surface area contributed by atoms with Crippen molar-refractivity contribution in [3.63, 3.8) is 0 Å². The maximum atomic E-state index is 12.9. The maximum absolute atomic E-state index is 12.9. The van der Waals surface area contributed by atoms with Crippen molar-refractivity contribution < 1.29 is 15.8 Å². The normalized spacial score (nSPS) is 27.1. The Morgan fingerprint density at radius 2 is 1.97 bits per heavy atom. The van der Waals surface area contributed by atoms with E-state index in [2.05, 4.69) is 20.3 Å². The molecule has 168 valence electrons. The Hall–Kier alpha value is -3.20. The molecular weight excluding hydrogens is 404 g/mol. The van der Waals surface area contributed by atoms with E-state index in [1.54, 1.807) is 26.4 Å². The van der Waals surface area contributed by atoms with Crippen molar-refractivity contribution in [2.45, 2.75) is 31.7 Å². The molecule has 0 radical (unpaired) electrons. The molecule has 1 aliphatic heterocycles. The Morgan fingerprint density at radius 3 is 2.66 bits per heavy atom. The average Bonchev–Trinajstić information content (AvgIpc) is 3.50. The molecule has 9 heteroatoms. The number of amides is 1. The number of carbonyl (C=O) groups is 1. The number of anilines is 3. The van der Waals surface area contributed by atoms with Crippen molar-refractivity contribution in [1.82, 2.24) is 29.7 Å². The molecular formula is C23H30N8O. The number of fused-ring (bicyclic) bond motifs is 1. The number of nitrogens with one attached hydrogen (secondary N) is 2. The summed E-state index contributed by atoms with van der Waals surface area (Å²) in [6, 6.07) is 4.66. The number of piperazine rings is 1. The molecule has 4 heterocycles. The smallest absolute Gasteiger partial charge is 0.270 e. The third-order valence-electron chi connectivity index (χ3n) is 5.60. The van der Waals surface area contributed by atoms with Crippen LogP contribution in [0.3, 0.4) is 0 Å². The van der Waals surface area contributed by atoms with Gasteiger partial charge in [0.05, 0.1) is 17.4 Å². The van der Waals surface area contributed by atoms with E-state index in [-0.39, 0.29) is 29.4 Å². The van der Waals surface area contributed by atoms with Crippen LogP contribution in [0.2, 0.25) is 0 Å². The van der Waals surface area contributed by atoms with Crippen LogP contribution in [0.25, 0.3) is 11.0 Å². The van der Waals surface area contributed by atoms with Gasteiger partial charge in [-0.15, -0.1) is 0 Å². The highest BCUT2D eigenvalue weighted by Crippen LogP contribution is 2.35. The zero-order chi connectivity index (χ0) is 29.3. The van der Waals surface area contributed by atoms with Crippen molar-refractivity contribution in [2.24, 2.45) is 0 Å². The van der Waals surface area contributed by atoms with E-state index in [4.69, 9.17) is 11.0 Å². The molecule has 3 aromatic heterocycles. The van der Waals surface area contributed by atoms with Crippen LogP contribution < -0.4 is 15.5 Å². The fourth-order valence-electron chi connectivity index (χ4n) is 4.06. The van der Waals surface area contributed by atoms with Crippen molar-refractivity contribution in [1.29, 1.82) is 0 Å². The van der Waals surface area contributed by atoms with Gasteiger partial charge in [-0.05, 0) is 31.0 Å². The fraction of sp³-hybridized carbons (Fsp3) is 0.478. The average molecular weight is 443 g/mol. The first kappa shape index (κ1) is 13.4. The Kier molecular flexibility index (Phi) is 3.65. The van der Waals surface area contributed by atoms with Gasteiger partial charge >= 0.3 is 0 Å². The molecule has 1 aliphatic carbocycles. The van der Waals surface area contributed by atoms with Gasteiger partial charge in [-0.2, -0.15) is 4.98 Å². The predicted octanol–water partition coefficient (Wildman–Crippen LogP) is 2.80. The molecule has 5 rings (SSSR count). The number of nitrogens with zero attached hydrogens (tertiary/aromatic N) is 6. The topological polar surface area (TPSA) is 91.2 Å². The Morgan fingerprint density at radius 1 is 1.19 bits per heavy atom. The van der Waals surface area contributed by atoms with Crippen LogP contribution in [0.1, 0.15) is 53.2 Å². The number of hydrogen-bond acceptors (Lipinski definition) is 7. The highest BCUT2D eigenvalue weighted by atomic mass is 16.2. The van der Waals surface area contributed by atoms with Gasteiger partial charge in [0, 0.05) is 63.2 Å². The number of carbonyl (C=O) groups excluding carboxylic acids is 1. The van der Waals surface area contributed by atoms with Crippen LogP contribution in [0, 0.1) is 0 Å². The van der Waals surface area contributed by atoms with E-state index in [0.29, 0.717) is 16.2 Å². The van der Waals surface area contributed by atoms with Gasteiger partial charge in [0.25, 0.3) is 5.91 Å². The summed E-state index contributed by atoms with van der Waals surface area (Å²) in [5.74, 6) is 0.321. The maximum Gasteiger partial charge on any atom is 0.270 e. The molecule has 3 aromatic rings. The molecule has 0 atom stereocenters. The number of pyridine rings is 1. The molecule has 2 fully saturated rings. The molecule has 0 unspecified atom stereocenters. The van der Waals surface area contributed by atoms with Crippen LogP contribution in [0.5, 0.6) is 0 Å². The Labute approximate surface area is 199 Å². The fourth-order valence-corrected chi connectivity index (χ4v) is 4.06. The van der Waals surface area contributed by atoms with Gasteiger partial charge in [-0.3, -0.25) is 4.79 Å². The number of aromatic nitrogens is 4. The second kappa shape index (κ2) is 8.74. The summed E-state index contributed by atoms with van der Waals surface area (Å²) < 4.78 is 67.0. The first-order chi connectivity index (χ1) is 18.6. The second-order valence-corrected chi connectivity index (χ2v) is 7.97. The van der Waals surface area contributed by atoms with Gasteiger partial charge in [0.1, 0.15) is 17.2 Å².